The van der Waals surface area contributed by atoms with Crippen LogP contribution in [0.3, 0.4) is 0 Å². The van der Waals surface area contributed by atoms with Gasteiger partial charge in [0.2, 0.25) is 11.8 Å². The number of ether oxygens (including phenoxy) is 1. The number of aryl methyl sites for hydroxylation is 2. The molecule has 2 N–H and O–H groups in total. The first-order chi connectivity index (χ1) is 20.5. The van der Waals surface area contributed by atoms with Gasteiger partial charge in [-0.3, -0.25) is 9.78 Å². The van der Waals surface area contributed by atoms with Crippen molar-refractivity contribution in [2.75, 3.05) is 17.2 Å². The van der Waals surface area contributed by atoms with Crippen LogP contribution in [0.5, 0.6) is 5.88 Å². The van der Waals surface area contributed by atoms with Crippen LogP contribution in [0.2, 0.25) is 0 Å². The summed E-state index contributed by atoms with van der Waals surface area (Å²) in [6.45, 7) is 4.48. The van der Waals surface area contributed by atoms with Gasteiger partial charge >= 0.3 is 0 Å². The molecule has 208 valence electrons. The van der Waals surface area contributed by atoms with E-state index in [9.17, 15) is 4.79 Å². The maximum Gasteiger partial charge on any atom is 0.255 e. The van der Waals surface area contributed by atoms with Crippen molar-refractivity contribution >= 4 is 34.1 Å². The van der Waals surface area contributed by atoms with Crippen LogP contribution in [0.15, 0.2) is 97.7 Å². The van der Waals surface area contributed by atoms with Crippen molar-refractivity contribution in [3.8, 4) is 28.3 Å². The van der Waals surface area contributed by atoms with Gasteiger partial charge in [-0.15, -0.1) is 0 Å². The van der Waals surface area contributed by atoms with Gasteiger partial charge in [0.25, 0.3) is 5.91 Å². The number of anilines is 3. The summed E-state index contributed by atoms with van der Waals surface area (Å²) in [5, 5.41) is 7.38. The first-order valence-electron chi connectivity index (χ1n) is 13.6. The molecule has 6 rings (SSSR count). The summed E-state index contributed by atoms with van der Waals surface area (Å²) in [6, 6.07) is 21.0. The maximum atomic E-state index is 13.3. The first kappa shape index (κ1) is 26.6. The van der Waals surface area contributed by atoms with E-state index in [1.807, 2.05) is 98.4 Å². The van der Waals surface area contributed by atoms with E-state index in [2.05, 4.69) is 36.8 Å². The zero-order chi connectivity index (χ0) is 29.1. The molecule has 0 aliphatic heterocycles. The van der Waals surface area contributed by atoms with Gasteiger partial charge in [0.05, 0.1) is 17.8 Å². The maximum absolute atomic E-state index is 13.3. The Morgan fingerprint density at radius 1 is 0.929 bits per heavy atom. The molecule has 2 aromatic carbocycles. The van der Waals surface area contributed by atoms with Crippen molar-refractivity contribution in [1.29, 1.82) is 0 Å². The molecule has 0 bridgehead atoms. The molecule has 0 radical (unpaired) electrons. The number of amides is 1. The molecule has 0 fully saturated rings. The second-order valence-corrected chi connectivity index (χ2v) is 9.81. The highest BCUT2D eigenvalue weighted by Crippen LogP contribution is 2.32. The van der Waals surface area contributed by atoms with E-state index in [1.165, 1.54) is 0 Å². The Balaban J connectivity index is 1.21. The number of nitrogens with one attached hydrogen (secondary N) is 2. The fourth-order valence-corrected chi connectivity index (χ4v) is 4.79. The predicted octanol–water partition coefficient (Wildman–Crippen LogP) is 6.80. The van der Waals surface area contributed by atoms with Crippen LogP contribution in [0, 0.1) is 6.92 Å². The van der Waals surface area contributed by atoms with E-state index in [1.54, 1.807) is 18.6 Å². The number of carbonyl (C=O) groups excluding carboxylic acids is 1. The third kappa shape index (κ3) is 5.53. The molecule has 9 nitrogen and oxygen atoms in total. The van der Waals surface area contributed by atoms with Gasteiger partial charge in [0.1, 0.15) is 0 Å². The van der Waals surface area contributed by atoms with Crippen molar-refractivity contribution < 1.29 is 9.53 Å². The number of hydrogen-bond donors (Lipinski definition) is 2. The second-order valence-electron chi connectivity index (χ2n) is 9.81. The Hall–Kier alpha value is -5.57. The fourth-order valence-electron chi connectivity index (χ4n) is 4.79. The van der Waals surface area contributed by atoms with Gasteiger partial charge in [0.15, 0.2) is 0 Å². The minimum absolute atomic E-state index is 0.214. The summed E-state index contributed by atoms with van der Waals surface area (Å²) >= 11 is 0. The second kappa shape index (κ2) is 11.5. The smallest absolute Gasteiger partial charge is 0.255 e. The molecule has 9 heteroatoms. The van der Waals surface area contributed by atoms with Gasteiger partial charge in [-0.1, -0.05) is 12.1 Å². The van der Waals surface area contributed by atoms with Crippen LogP contribution in [0.4, 0.5) is 17.3 Å². The predicted molar refractivity (Wildman–Crippen MR) is 165 cm³/mol. The van der Waals surface area contributed by atoms with Crippen LogP contribution in [0.25, 0.3) is 33.3 Å². The van der Waals surface area contributed by atoms with E-state index in [-0.39, 0.29) is 5.91 Å². The van der Waals surface area contributed by atoms with Crippen molar-refractivity contribution in [2.24, 2.45) is 7.05 Å². The van der Waals surface area contributed by atoms with Gasteiger partial charge in [0, 0.05) is 83.1 Å². The van der Waals surface area contributed by atoms with Crippen molar-refractivity contribution in [1.82, 2.24) is 24.5 Å². The zero-order valence-corrected chi connectivity index (χ0v) is 23.5. The number of carbonyl (C=O) groups is 1. The first-order valence-corrected chi connectivity index (χ1v) is 13.6. The Bertz CT molecular complexity index is 1880. The molecule has 0 saturated carbocycles. The van der Waals surface area contributed by atoms with Crippen molar-refractivity contribution in [3.63, 3.8) is 0 Å². The summed E-state index contributed by atoms with van der Waals surface area (Å²) in [7, 11) is 1.99. The molecule has 0 aliphatic carbocycles. The Morgan fingerprint density at radius 3 is 2.57 bits per heavy atom. The Kier molecular flexibility index (Phi) is 7.30. The van der Waals surface area contributed by atoms with E-state index < -0.39 is 0 Å². The lowest BCUT2D eigenvalue weighted by Gasteiger charge is -2.12. The van der Waals surface area contributed by atoms with Crippen molar-refractivity contribution in [2.45, 2.75) is 13.8 Å². The lowest BCUT2D eigenvalue weighted by molar-refractivity contribution is 0.102. The largest absolute Gasteiger partial charge is 0.478 e. The average molecular weight is 556 g/mol. The lowest BCUT2D eigenvalue weighted by atomic mass is 10.1. The number of nitrogens with zero attached hydrogens (tertiary/aromatic N) is 5. The topological polar surface area (TPSA) is 107 Å². The summed E-state index contributed by atoms with van der Waals surface area (Å²) in [5.41, 5.74) is 7.70. The number of rotatable bonds is 8. The van der Waals surface area contributed by atoms with E-state index in [4.69, 9.17) is 4.74 Å². The number of hydrogen-bond acceptors (Lipinski definition) is 7. The van der Waals surface area contributed by atoms with Crippen LogP contribution in [-0.2, 0) is 7.05 Å². The molecule has 0 saturated heterocycles. The summed E-state index contributed by atoms with van der Waals surface area (Å²) in [6.07, 6.45) is 9.04. The minimum atomic E-state index is -0.214. The molecule has 0 aliphatic rings. The minimum Gasteiger partial charge on any atom is -0.478 e. The molecule has 0 atom stereocenters. The highest BCUT2D eigenvalue weighted by atomic mass is 16.5. The third-order valence-corrected chi connectivity index (χ3v) is 6.97. The standard InChI is InChI=1S/C33H29N7O2/c1-4-42-31-10-7-24(19-36-31)27-20-40(3)30-18-25(8-9-26(27)30)37-32(41)23-6-5-21(2)29(17-23)39-33-35-16-13-28(38-33)22-11-14-34-15-12-22/h5-20H,4H2,1-3H3,(H,37,41)(H,35,38,39). The molecule has 0 unspecified atom stereocenters. The highest BCUT2D eigenvalue weighted by Gasteiger charge is 2.14. The number of fused-ring (bicyclic) bond motifs is 1. The van der Waals surface area contributed by atoms with Gasteiger partial charge < -0.3 is 19.9 Å². The summed E-state index contributed by atoms with van der Waals surface area (Å²) in [5.74, 6) is 0.832. The third-order valence-electron chi connectivity index (χ3n) is 6.97. The summed E-state index contributed by atoms with van der Waals surface area (Å²) in [4.78, 5) is 30.8. The molecule has 4 heterocycles. The van der Waals surface area contributed by atoms with Crippen LogP contribution in [-0.4, -0.2) is 37.0 Å². The van der Waals surface area contributed by atoms with Crippen LogP contribution in [0.1, 0.15) is 22.8 Å². The van der Waals surface area contributed by atoms with Gasteiger partial charge in [-0.2, -0.15) is 0 Å². The van der Waals surface area contributed by atoms with Crippen LogP contribution < -0.4 is 15.4 Å². The molecule has 6 aromatic rings. The lowest BCUT2D eigenvalue weighted by Crippen LogP contribution is -2.12. The number of pyridine rings is 2. The van der Waals surface area contributed by atoms with E-state index in [0.717, 1.165) is 44.5 Å². The molecular formula is C33H29N7O2. The normalized spacial score (nSPS) is 10.9. The Labute approximate surface area is 243 Å². The number of aromatic nitrogens is 5. The SMILES string of the molecule is CCOc1ccc(-c2cn(C)c3cc(NC(=O)c4ccc(C)c(Nc5nccc(-c6ccncc6)n5)c4)ccc23)cn1. The monoisotopic (exact) mass is 555 g/mol. The summed E-state index contributed by atoms with van der Waals surface area (Å²) < 4.78 is 7.52. The van der Waals surface area contributed by atoms with Gasteiger partial charge in [-0.25, -0.2) is 15.0 Å². The highest BCUT2D eigenvalue weighted by molar-refractivity contribution is 6.06. The average Bonchev–Trinajstić information content (AvgIpc) is 3.35. The fraction of sp³-hybridized carbons (Fsp3) is 0.121. The van der Waals surface area contributed by atoms with E-state index >= 15 is 0 Å². The van der Waals surface area contributed by atoms with Crippen LogP contribution >= 0.6 is 0 Å². The molecule has 0 spiro atoms. The van der Waals surface area contributed by atoms with Crippen molar-refractivity contribution in [3.05, 3.63) is 109 Å². The molecular weight excluding hydrogens is 526 g/mol. The quantitative estimate of drug-likeness (QED) is 0.213. The zero-order valence-electron chi connectivity index (χ0n) is 23.5. The van der Waals surface area contributed by atoms with Gasteiger partial charge in [-0.05, 0) is 67.9 Å². The Morgan fingerprint density at radius 2 is 1.79 bits per heavy atom. The van der Waals surface area contributed by atoms with E-state index in [0.29, 0.717) is 29.7 Å². The number of benzene rings is 2. The molecule has 1 amide bonds. The molecule has 4 aromatic heterocycles. The molecule has 42 heavy (non-hydrogen) atoms.